The molecule has 0 aliphatic heterocycles. The van der Waals surface area contributed by atoms with Crippen LogP contribution in [0.1, 0.15) is 16.1 Å². The number of hydrogen-bond acceptors (Lipinski definition) is 6. The first-order valence-electron chi connectivity index (χ1n) is 5.92. The van der Waals surface area contributed by atoms with E-state index in [9.17, 15) is 9.59 Å². The Kier molecular flexibility index (Phi) is 2.77. The van der Waals surface area contributed by atoms with Gasteiger partial charge in [0.25, 0.3) is 5.91 Å². The Morgan fingerprint density at radius 1 is 1.38 bits per heavy atom. The molecule has 2 aromatic heterocycles. The van der Waals surface area contributed by atoms with Gasteiger partial charge >= 0.3 is 5.76 Å². The van der Waals surface area contributed by atoms with Crippen molar-refractivity contribution >= 4 is 22.7 Å². The minimum Gasteiger partial charge on any atom is -0.405 e. The third kappa shape index (κ3) is 1.95. The van der Waals surface area contributed by atoms with E-state index in [-0.39, 0.29) is 28.0 Å². The number of para-hydroxylation sites is 1. The second-order valence-corrected chi connectivity index (χ2v) is 4.25. The molecular formula is C14H8N4O3. The maximum absolute atomic E-state index is 12.4. The normalized spacial score (nSPS) is 10.4. The third-order valence-corrected chi connectivity index (χ3v) is 2.96. The first-order valence-corrected chi connectivity index (χ1v) is 5.92. The van der Waals surface area contributed by atoms with Gasteiger partial charge in [0.1, 0.15) is 17.3 Å². The van der Waals surface area contributed by atoms with Crippen LogP contribution in [0.3, 0.4) is 0 Å². The molecule has 0 aliphatic carbocycles. The zero-order valence-corrected chi connectivity index (χ0v) is 10.6. The summed E-state index contributed by atoms with van der Waals surface area (Å²) in [5.74, 6) is -1.44. The molecule has 2 N–H and O–H groups in total. The van der Waals surface area contributed by atoms with E-state index in [2.05, 4.69) is 4.98 Å². The smallest absolute Gasteiger partial charge is 0.405 e. The van der Waals surface area contributed by atoms with E-state index >= 15 is 0 Å². The zero-order valence-electron chi connectivity index (χ0n) is 10.6. The maximum atomic E-state index is 12.4. The van der Waals surface area contributed by atoms with Crippen LogP contribution in [0.25, 0.3) is 11.1 Å². The van der Waals surface area contributed by atoms with E-state index in [1.165, 1.54) is 18.3 Å². The number of nitrogens with zero attached hydrogens (tertiary/aromatic N) is 3. The largest absolute Gasteiger partial charge is 0.427 e. The van der Waals surface area contributed by atoms with E-state index in [0.717, 1.165) is 4.57 Å². The monoisotopic (exact) mass is 280 g/mol. The fraction of sp³-hybridized carbons (Fsp3) is 0. The summed E-state index contributed by atoms with van der Waals surface area (Å²) in [4.78, 5) is 28.1. The van der Waals surface area contributed by atoms with Crippen LogP contribution in [0.15, 0.2) is 45.7 Å². The lowest BCUT2D eigenvalue weighted by molar-refractivity contribution is 0.0956. The molecule has 102 valence electrons. The molecule has 0 amide bonds. The van der Waals surface area contributed by atoms with Gasteiger partial charge in [-0.1, -0.05) is 6.07 Å². The van der Waals surface area contributed by atoms with Gasteiger partial charge in [0.15, 0.2) is 5.58 Å². The molecule has 0 spiro atoms. The highest BCUT2D eigenvalue weighted by Gasteiger charge is 2.19. The van der Waals surface area contributed by atoms with Gasteiger partial charge in [-0.15, -0.1) is 0 Å². The van der Waals surface area contributed by atoms with Crippen LogP contribution in [-0.4, -0.2) is 15.5 Å². The minimum atomic E-state index is -0.830. The lowest BCUT2D eigenvalue weighted by Crippen LogP contribution is -2.23. The van der Waals surface area contributed by atoms with Crippen LogP contribution in [0.4, 0.5) is 5.69 Å². The second kappa shape index (κ2) is 4.61. The van der Waals surface area contributed by atoms with Crippen molar-refractivity contribution in [3.8, 4) is 6.07 Å². The van der Waals surface area contributed by atoms with Crippen molar-refractivity contribution < 1.29 is 9.21 Å². The second-order valence-electron chi connectivity index (χ2n) is 4.25. The lowest BCUT2D eigenvalue weighted by Gasteiger charge is -2.01. The van der Waals surface area contributed by atoms with Crippen LogP contribution < -0.4 is 11.5 Å². The molecule has 0 saturated heterocycles. The van der Waals surface area contributed by atoms with Gasteiger partial charge in [-0.05, 0) is 24.3 Å². The average Bonchev–Trinajstić information content (AvgIpc) is 2.84. The molecule has 0 bridgehead atoms. The fourth-order valence-corrected chi connectivity index (χ4v) is 2.01. The summed E-state index contributed by atoms with van der Waals surface area (Å²) < 4.78 is 5.89. The number of aromatic nitrogens is 2. The van der Waals surface area contributed by atoms with Crippen molar-refractivity contribution in [2.24, 2.45) is 0 Å². The van der Waals surface area contributed by atoms with Crippen LogP contribution in [-0.2, 0) is 0 Å². The number of nitriles is 1. The number of nitrogen functional groups attached to an aromatic ring is 1. The molecule has 3 aromatic rings. The number of oxazole rings is 1. The molecule has 0 unspecified atom stereocenters. The van der Waals surface area contributed by atoms with Gasteiger partial charge in [-0.25, -0.2) is 14.3 Å². The molecule has 21 heavy (non-hydrogen) atoms. The number of hydrogen-bond donors (Lipinski definition) is 1. The van der Waals surface area contributed by atoms with Gasteiger partial charge in [-0.2, -0.15) is 5.26 Å². The topological polar surface area (TPSA) is 115 Å². The molecule has 7 heteroatoms. The quantitative estimate of drug-likeness (QED) is 0.668. The van der Waals surface area contributed by atoms with Crippen LogP contribution in [0.2, 0.25) is 0 Å². The summed E-state index contributed by atoms with van der Waals surface area (Å²) in [5, 5.41) is 8.81. The average molecular weight is 280 g/mol. The zero-order chi connectivity index (χ0) is 15.0. The summed E-state index contributed by atoms with van der Waals surface area (Å²) in [6, 6.07) is 9.30. The predicted octanol–water partition coefficient (Wildman–Crippen LogP) is 1.13. The van der Waals surface area contributed by atoms with Gasteiger partial charge < -0.3 is 10.2 Å². The maximum Gasteiger partial charge on any atom is 0.427 e. The Morgan fingerprint density at radius 3 is 2.95 bits per heavy atom. The Bertz CT molecular complexity index is 962. The summed E-state index contributed by atoms with van der Waals surface area (Å²) in [5.41, 5.74) is 6.66. The lowest BCUT2D eigenvalue weighted by atomic mass is 10.2. The van der Waals surface area contributed by atoms with E-state index in [0.29, 0.717) is 0 Å². The number of carbonyl (C=O) groups is 1. The third-order valence-electron chi connectivity index (χ3n) is 2.96. The number of nitrogens with two attached hydrogens (primary N) is 1. The van der Waals surface area contributed by atoms with Gasteiger partial charge in [0.2, 0.25) is 0 Å². The molecule has 1 aromatic carbocycles. The molecule has 0 atom stereocenters. The number of benzene rings is 1. The van der Waals surface area contributed by atoms with Crippen molar-refractivity contribution in [3.05, 3.63) is 58.3 Å². The Labute approximate surface area is 117 Å². The molecule has 0 radical (unpaired) electrons. The van der Waals surface area contributed by atoms with Gasteiger partial charge in [0, 0.05) is 11.8 Å². The van der Waals surface area contributed by atoms with E-state index < -0.39 is 11.7 Å². The van der Waals surface area contributed by atoms with Crippen molar-refractivity contribution in [3.63, 3.8) is 0 Å². The Balaban J connectivity index is 2.23. The van der Waals surface area contributed by atoms with Gasteiger partial charge in [0.05, 0.1) is 5.69 Å². The molecule has 0 saturated carbocycles. The standard InChI is InChI=1S/C14H8N4O3/c15-7-9-6-8(4-5-17-9)13(19)18-11-3-1-2-10(16)12(11)21-14(18)20/h1-6H,16H2. The van der Waals surface area contributed by atoms with Crippen LogP contribution in [0.5, 0.6) is 0 Å². The summed E-state index contributed by atoms with van der Waals surface area (Å²) in [6.07, 6.45) is 1.33. The molecule has 0 aliphatic rings. The van der Waals surface area contributed by atoms with Crippen molar-refractivity contribution in [2.45, 2.75) is 0 Å². The van der Waals surface area contributed by atoms with E-state index in [1.54, 1.807) is 18.2 Å². The number of rotatable bonds is 1. The first kappa shape index (κ1) is 12.6. The molecule has 3 rings (SSSR count). The summed E-state index contributed by atoms with van der Waals surface area (Å²) in [7, 11) is 0. The highest BCUT2D eigenvalue weighted by molar-refractivity contribution is 6.02. The minimum absolute atomic E-state index is 0.0845. The van der Waals surface area contributed by atoms with Crippen LogP contribution >= 0.6 is 0 Å². The highest BCUT2D eigenvalue weighted by atomic mass is 16.4. The number of carbonyl (C=O) groups excluding carboxylic acids is 1. The Hall–Kier alpha value is -3.40. The molecule has 0 fully saturated rings. The fourth-order valence-electron chi connectivity index (χ4n) is 2.01. The molecule has 7 nitrogen and oxygen atoms in total. The van der Waals surface area contributed by atoms with Crippen molar-refractivity contribution in [2.75, 3.05) is 5.73 Å². The summed E-state index contributed by atoms with van der Waals surface area (Å²) >= 11 is 0. The number of fused-ring (bicyclic) bond motifs is 1. The van der Waals surface area contributed by atoms with Gasteiger partial charge in [-0.3, -0.25) is 4.79 Å². The highest BCUT2D eigenvalue weighted by Crippen LogP contribution is 2.20. The predicted molar refractivity (Wildman–Crippen MR) is 73.6 cm³/mol. The number of anilines is 1. The Morgan fingerprint density at radius 2 is 2.19 bits per heavy atom. The number of pyridine rings is 1. The first-order chi connectivity index (χ1) is 10.1. The van der Waals surface area contributed by atoms with Crippen LogP contribution in [0, 0.1) is 11.3 Å². The SMILES string of the molecule is N#Cc1cc(C(=O)n2c(=O)oc3c(N)cccc32)ccn1. The molecular weight excluding hydrogens is 272 g/mol. The van der Waals surface area contributed by atoms with Crippen molar-refractivity contribution in [1.29, 1.82) is 5.26 Å². The van der Waals surface area contributed by atoms with E-state index in [4.69, 9.17) is 15.4 Å². The van der Waals surface area contributed by atoms with E-state index in [1.807, 2.05) is 6.07 Å². The van der Waals surface area contributed by atoms with Crippen molar-refractivity contribution in [1.82, 2.24) is 9.55 Å². The summed E-state index contributed by atoms with van der Waals surface area (Å²) in [6.45, 7) is 0. The molecule has 2 heterocycles.